The number of aryl methyl sites for hydroxylation is 1. The van der Waals surface area contributed by atoms with Gasteiger partial charge in [0.15, 0.2) is 0 Å². The lowest BCUT2D eigenvalue weighted by Crippen LogP contribution is -2.26. The van der Waals surface area contributed by atoms with E-state index in [-0.39, 0.29) is 6.54 Å². The highest BCUT2D eigenvalue weighted by Crippen LogP contribution is 2.32. The second-order valence-corrected chi connectivity index (χ2v) is 7.18. The van der Waals surface area contributed by atoms with Gasteiger partial charge in [0.05, 0.1) is 5.52 Å². The highest BCUT2D eigenvalue weighted by Gasteiger charge is 2.13. The van der Waals surface area contributed by atoms with Gasteiger partial charge in [0, 0.05) is 24.8 Å². The van der Waals surface area contributed by atoms with Crippen LogP contribution < -0.4 is 4.90 Å². The topological polar surface area (TPSA) is 66.3 Å². The maximum Gasteiger partial charge on any atom is 0.323 e. The monoisotopic (exact) mass is 377 g/mol. The number of unbranched alkanes of at least 4 members (excludes halogenated alkanes) is 3. The molecule has 0 saturated carbocycles. The number of benzene rings is 1. The molecule has 0 aliphatic heterocycles. The summed E-state index contributed by atoms with van der Waals surface area (Å²) in [5.41, 5.74) is 4.29. The van der Waals surface area contributed by atoms with Crippen LogP contribution in [0.2, 0.25) is 0 Å². The van der Waals surface area contributed by atoms with Gasteiger partial charge in [-0.05, 0) is 59.9 Å². The van der Waals surface area contributed by atoms with Crippen molar-refractivity contribution in [1.82, 2.24) is 9.97 Å². The smallest absolute Gasteiger partial charge is 0.323 e. The largest absolute Gasteiger partial charge is 0.480 e. The number of rotatable bonds is 9. The van der Waals surface area contributed by atoms with Crippen molar-refractivity contribution in [3.63, 3.8) is 0 Å². The van der Waals surface area contributed by atoms with Crippen molar-refractivity contribution in [2.75, 3.05) is 18.5 Å². The molecule has 28 heavy (non-hydrogen) atoms. The van der Waals surface area contributed by atoms with E-state index in [1.807, 2.05) is 24.3 Å². The van der Waals surface area contributed by atoms with Crippen LogP contribution in [0, 0.1) is 0 Å². The van der Waals surface area contributed by atoms with E-state index in [0.717, 1.165) is 28.5 Å². The van der Waals surface area contributed by atoms with Gasteiger partial charge in [-0.3, -0.25) is 9.78 Å². The maximum absolute atomic E-state index is 11.1. The first-order valence-electron chi connectivity index (χ1n) is 9.85. The molecular weight excluding hydrogens is 350 g/mol. The fourth-order valence-corrected chi connectivity index (χ4v) is 3.42. The van der Waals surface area contributed by atoms with Crippen molar-refractivity contribution in [3.05, 3.63) is 54.4 Å². The Bertz CT molecular complexity index is 941. The van der Waals surface area contributed by atoms with Crippen LogP contribution in [0.1, 0.15) is 38.2 Å². The van der Waals surface area contributed by atoms with E-state index in [1.54, 1.807) is 24.3 Å². The predicted molar refractivity (Wildman–Crippen MR) is 114 cm³/mol. The van der Waals surface area contributed by atoms with Crippen LogP contribution >= 0.6 is 0 Å². The van der Waals surface area contributed by atoms with E-state index in [2.05, 4.69) is 24.0 Å². The summed E-state index contributed by atoms with van der Waals surface area (Å²) in [5.74, 6) is -0.227. The highest BCUT2D eigenvalue weighted by molar-refractivity contribution is 5.96. The van der Waals surface area contributed by atoms with Gasteiger partial charge >= 0.3 is 5.97 Å². The third-order valence-corrected chi connectivity index (χ3v) is 4.93. The first-order valence-corrected chi connectivity index (χ1v) is 9.85. The molecule has 0 atom stereocenters. The molecule has 3 aromatic rings. The summed E-state index contributed by atoms with van der Waals surface area (Å²) in [6.07, 6.45) is 9.57. The van der Waals surface area contributed by atoms with Crippen molar-refractivity contribution >= 4 is 22.7 Å². The summed E-state index contributed by atoms with van der Waals surface area (Å²) in [5, 5.41) is 10.2. The Morgan fingerprint density at radius 3 is 2.57 bits per heavy atom. The van der Waals surface area contributed by atoms with Crippen molar-refractivity contribution in [2.45, 2.75) is 39.0 Å². The minimum Gasteiger partial charge on any atom is -0.480 e. The molecule has 2 aromatic heterocycles. The number of carbonyl (C=O) groups is 1. The van der Waals surface area contributed by atoms with Crippen LogP contribution in [0.25, 0.3) is 22.0 Å². The maximum atomic E-state index is 11.1. The number of likely N-dealkylation sites (N-methyl/N-ethyl adjacent to an activating group) is 1. The van der Waals surface area contributed by atoms with E-state index in [4.69, 9.17) is 10.1 Å². The SMILES string of the molecule is CCCCCCc1ccc2nc(N(C)CC(=O)O)cc(-c3ccncc3)c2c1. The van der Waals surface area contributed by atoms with Gasteiger partial charge in [0.1, 0.15) is 12.4 Å². The number of pyridine rings is 2. The molecule has 1 aromatic carbocycles. The molecule has 3 rings (SSSR count). The lowest BCUT2D eigenvalue weighted by atomic mass is 9.98. The third kappa shape index (κ3) is 4.85. The Hall–Kier alpha value is -2.95. The molecule has 0 saturated heterocycles. The van der Waals surface area contributed by atoms with Crippen molar-refractivity contribution in [2.24, 2.45) is 0 Å². The molecule has 0 unspecified atom stereocenters. The zero-order chi connectivity index (χ0) is 19.9. The van der Waals surface area contributed by atoms with Gasteiger partial charge in [-0.25, -0.2) is 4.98 Å². The zero-order valence-electron chi connectivity index (χ0n) is 16.6. The summed E-state index contributed by atoms with van der Waals surface area (Å²) in [6, 6.07) is 12.3. The quantitative estimate of drug-likeness (QED) is 0.535. The lowest BCUT2D eigenvalue weighted by molar-refractivity contribution is -0.135. The number of hydrogen-bond acceptors (Lipinski definition) is 4. The number of aromatic nitrogens is 2. The number of hydrogen-bond donors (Lipinski definition) is 1. The van der Waals surface area contributed by atoms with Gasteiger partial charge in [-0.2, -0.15) is 0 Å². The van der Waals surface area contributed by atoms with E-state index < -0.39 is 5.97 Å². The van der Waals surface area contributed by atoms with Crippen LogP contribution in [-0.4, -0.2) is 34.6 Å². The Labute approximate surface area is 166 Å². The van der Waals surface area contributed by atoms with Crippen LogP contribution in [0.15, 0.2) is 48.8 Å². The molecule has 5 heteroatoms. The lowest BCUT2D eigenvalue weighted by Gasteiger charge is -2.18. The fourth-order valence-electron chi connectivity index (χ4n) is 3.42. The minimum atomic E-state index is -0.878. The molecule has 0 aliphatic rings. The van der Waals surface area contributed by atoms with Crippen LogP contribution in [0.3, 0.4) is 0 Å². The molecule has 5 nitrogen and oxygen atoms in total. The molecule has 0 amide bonds. The first-order chi connectivity index (χ1) is 13.6. The summed E-state index contributed by atoms with van der Waals surface area (Å²) >= 11 is 0. The minimum absolute atomic E-state index is 0.0934. The molecule has 146 valence electrons. The first kappa shape index (κ1) is 19.8. The van der Waals surface area contributed by atoms with Gasteiger partial charge in [-0.15, -0.1) is 0 Å². The van der Waals surface area contributed by atoms with Crippen LogP contribution in [-0.2, 0) is 11.2 Å². The summed E-state index contributed by atoms with van der Waals surface area (Å²) < 4.78 is 0. The van der Waals surface area contributed by atoms with Crippen molar-refractivity contribution < 1.29 is 9.90 Å². The molecule has 0 spiro atoms. The molecule has 2 heterocycles. The Balaban J connectivity index is 2.03. The van der Waals surface area contributed by atoms with E-state index in [0.29, 0.717) is 5.82 Å². The molecule has 0 bridgehead atoms. The number of nitrogens with zero attached hydrogens (tertiary/aromatic N) is 3. The molecule has 0 radical (unpaired) electrons. The summed E-state index contributed by atoms with van der Waals surface area (Å²) in [4.78, 5) is 21.6. The average molecular weight is 377 g/mol. The standard InChI is InChI=1S/C23H27N3O2/c1-3-4-5-6-7-17-8-9-21-20(14-17)19(18-10-12-24-13-11-18)15-22(25-21)26(2)16-23(27)28/h8-15H,3-7,16H2,1-2H3,(H,27,28). The molecule has 0 aliphatic carbocycles. The molecular formula is C23H27N3O2. The number of aliphatic carboxylic acids is 1. The number of carboxylic acid groups (broad SMARTS) is 1. The van der Waals surface area contributed by atoms with Gasteiger partial charge in [0.25, 0.3) is 0 Å². The highest BCUT2D eigenvalue weighted by atomic mass is 16.4. The second kappa shape index (κ2) is 9.31. The number of fused-ring (bicyclic) bond motifs is 1. The van der Waals surface area contributed by atoms with E-state index in [9.17, 15) is 4.79 Å². The van der Waals surface area contributed by atoms with E-state index in [1.165, 1.54) is 31.2 Å². The van der Waals surface area contributed by atoms with Crippen molar-refractivity contribution in [3.8, 4) is 11.1 Å². The normalized spacial score (nSPS) is 10.9. The Morgan fingerprint density at radius 2 is 1.86 bits per heavy atom. The third-order valence-electron chi connectivity index (χ3n) is 4.93. The van der Waals surface area contributed by atoms with Gasteiger partial charge < -0.3 is 10.0 Å². The average Bonchev–Trinajstić information content (AvgIpc) is 2.70. The Kier molecular flexibility index (Phi) is 6.58. The second-order valence-electron chi connectivity index (χ2n) is 7.18. The van der Waals surface area contributed by atoms with Gasteiger partial charge in [-0.1, -0.05) is 32.3 Å². The van der Waals surface area contributed by atoms with Gasteiger partial charge in [0.2, 0.25) is 0 Å². The zero-order valence-corrected chi connectivity index (χ0v) is 16.6. The molecule has 1 N–H and O–H groups in total. The number of carboxylic acids is 1. The van der Waals surface area contributed by atoms with Crippen molar-refractivity contribution in [1.29, 1.82) is 0 Å². The van der Waals surface area contributed by atoms with Crippen LogP contribution in [0.4, 0.5) is 5.82 Å². The Morgan fingerprint density at radius 1 is 1.07 bits per heavy atom. The van der Waals surface area contributed by atoms with Crippen LogP contribution in [0.5, 0.6) is 0 Å². The number of anilines is 1. The fraction of sp³-hybridized carbons (Fsp3) is 0.348. The summed E-state index contributed by atoms with van der Waals surface area (Å²) in [6.45, 7) is 2.13. The summed E-state index contributed by atoms with van der Waals surface area (Å²) in [7, 11) is 1.75. The van der Waals surface area contributed by atoms with E-state index >= 15 is 0 Å². The molecule has 0 fully saturated rings. The predicted octanol–water partition coefficient (Wildman–Crippen LogP) is 4.94.